The molecule has 0 radical (unpaired) electrons. The van der Waals surface area contributed by atoms with E-state index < -0.39 is 31.0 Å². The Kier molecular flexibility index (Phi) is 5.10. The summed E-state index contributed by atoms with van der Waals surface area (Å²) in [6.07, 6.45) is -0.679. The molecular formula is C15H18F2N2O3. The highest BCUT2D eigenvalue weighted by Crippen LogP contribution is 2.40. The second-order valence-electron chi connectivity index (χ2n) is 5.07. The predicted molar refractivity (Wildman–Crippen MR) is 78.6 cm³/mol. The quantitative estimate of drug-likeness (QED) is 0.625. The minimum atomic E-state index is -3.13. The van der Waals surface area contributed by atoms with Crippen molar-refractivity contribution < 1.29 is 23.8 Å². The number of fused-ring (bicyclic) bond motifs is 1. The Hall–Kier alpha value is -1.99. The van der Waals surface area contributed by atoms with Gasteiger partial charge in [-0.1, -0.05) is 18.2 Å². The first-order chi connectivity index (χ1) is 10.4. The van der Waals surface area contributed by atoms with Crippen molar-refractivity contribution in [2.45, 2.75) is 18.4 Å². The van der Waals surface area contributed by atoms with Gasteiger partial charge in [-0.2, -0.15) is 0 Å². The van der Waals surface area contributed by atoms with Crippen molar-refractivity contribution in [3.63, 3.8) is 0 Å². The third kappa shape index (κ3) is 3.80. The molecule has 1 aliphatic rings. The van der Waals surface area contributed by atoms with E-state index in [9.17, 15) is 18.7 Å². The highest BCUT2D eigenvalue weighted by Gasteiger charge is 2.38. The molecule has 0 aliphatic carbocycles. The average Bonchev–Trinajstić information content (AvgIpc) is 2.62. The van der Waals surface area contributed by atoms with Gasteiger partial charge in [0, 0.05) is 42.4 Å². The van der Waals surface area contributed by atoms with Gasteiger partial charge in [-0.05, 0) is 6.07 Å². The molecule has 0 unspecified atom stereocenters. The number of benzene rings is 1. The first-order valence-corrected chi connectivity index (χ1v) is 6.94. The second-order valence-corrected chi connectivity index (χ2v) is 5.07. The van der Waals surface area contributed by atoms with Gasteiger partial charge in [-0.15, -0.1) is 0 Å². The molecule has 4 N–H and O–H groups in total. The van der Waals surface area contributed by atoms with Crippen molar-refractivity contribution in [1.29, 1.82) is 0 Å². The molecule has 0 spiro atoms. The van der Waals surface area contributed by atoms with E-state index in [0.717, 1.165) is 6.08 Å². The zero-order valence-electron chi connectivity index (χ0n) is 11.9. The SMILES string of the molecule is O=C(/C=C1/c2ccccc2NCCC1(F)F)NC[C@H](O)CO. The number of para-hydroxylation sites is 1. The Morgan fingerprint density at radius 3 is 2.91 bits per heavy atom. The summed E-state index contributed by atoms with van der Waals surface area (Å²) in [5, 5.41) is 23.1. The highest BCUT2D eigenvalue weighted by atomic mass is 19.3. The molecule has 0 saturated heterocycles. The third-order valence-electron chi connectivity index (χ3n) is 3.36. The number of aliphatic hydroxyl groups is 2. The summed E-state index contributed by atoms with van der Waals surface area (Å²) in [4.78, 5) is 11.8. The number of rotatable bonds is 4. The van der Waals surface area contributed by atoms with Crippen LogP contribution >= 0.6 is 0 Å². The van der Waals surface area contributed by atoms with Crippen molar-refractivity contribution in [1.82, 2.24) is 5.32 Å². The van der Waals surface area contributed by atoms with Crippen molar-refractivity contribution in [2.75, 3.05) is 25.0 Å². The second kappa shape index (κ2) is 6.85. The summed E-state index contributed by atoms with van der Waals surface area (Å²) in [6.45, 7) is -0.615. The first-order valence-electron chi connectivity index (χ1n) is 6.94. The van der Waals surface area contributed by atoms with E-state index >= 15 is 0 Å². The smallest absolute Gasteiger partial charge is 0.275 e. The molecule has 0 fully saturated rings. The van der Waals surface area contributed by atoms with E-state index in [1.807, 2.05) is 0 Å². The van der Waals surface area contributed by atoms with Crippen LogP contribution in [0.2, 0.25) is 0 Å². The van der Waals surface area contributed by atoms with Crippen LogP contribution in [0.15, 0.2) is 30.3 Å². The normalized spacial score (nSPS) is 19.7. The topological polar surface area (TPSA) is 81.6 Å². The van der Waals surface area contributed by atoms with Gasteiger partial charge in [-0.25, -0.2) is 8.78 Å². The molecule has 22 heavy (non-hydrogen) atoms. The Bertz CT molecular complexity index is 576. The Labute approximate surface area is 126 Å². The van der Waals surface area contributed by atoms with Gasteiger partial charge in [0.05, 0.1) is 12.7 Å². The van der Waals surface area contributed by atoms with Crippen molar-refractivity contribution in [3.05, 3.63) is 35.9 Å². The van der Waals surface area contributed by atoms with E-state index in [2.05, 4.69) is 10.6 Å². The molecule has 5 nitrogen and oxygen atoms in total. The number of anilines is 1. The molecule has 0 saturated carbocycles. The molecule has 2 rings (SSSR count). The fraction of sp³-hybridized carbons (Fsp3) is 0.400. The van der Waals surface area contributed by atoms with E-state index in [1.165, 1.54) is 6.07 Å². The number of hydrogen-bond acceptors (Lipinski definition) is 4. The van der Waals surface area contributed by atoms with Crippen LogP contribution in [0.5, 0.6) is 0 Å². The minimum absolute atomic E-state index is 0.103. The predicted octanol–water partition coefficient (Wildman–Crippen LogP) is 0.990. The maximum absolute atomic E-state index is 14.3. The summed E-state index contributed by atoms with van der Waals surface area (Å²) >= 11 is 0. The Balaban J connectivity index is 2.28. The monoisotopic (exact) mass is 312 g/mol. The fourth-order valence-electron chi connectivity index (χ4n) is 2.21. The largest absolute Gasteiger partial charge is 0.394 e. The van der Waals surface area contributed by atoms with E-state index in [-0.39, 0.29) is 24.2 Å². The van der Waals surface area contributed by atoms with Gasteiger partial charge in [0.25, 0.3) is 5.92 Å². The van der Waals surface area contributed by atoms with Gasteiger partial charge < -0.3 is 20.8 Å². The van der Waals surface area contributed by atoms with Crippen molar-refractivity contribution in [2.24, 2.45) is 0 Å². The Morgan fingerprint density at radius 2 is 2.18 bits per heavy atom. The number of carbonyl (C=O) groups excluding carboxylic acids is 1. The van der Waals surface area contributed by atoms with Crippen molar-refractivity contribution in [3.8, 4) is 0 Å². The third-order valence-corrected chi connectivity index (χ3v) is 3.36. The van der Waals surface area contributed by atoms with Crippen LogP contribution in [0.4, 0.5) is 14.5 Å². The van der Waals surface area contributed by atoms with Crippen LogP contribution < -0.4 is 10.6 Å². The van der Waals surface area contributed by atoms with Gasteiger partial charge in [0.1, 0.15) is 0 Å². The van der Waals surface area contributed by atoms with Crippen molar-refractivity contribution >= 4 is 17.2 Å². The maximum atomic E-state index is 14.3. The van der Waals surface area contributed by atoms with Gasteiger partial charge in [0.2, 0.25) is 5.91 Å². The molecule has 1 aliphatic heterocycles. The number of allylic oxidation sites excluding steroid dienone is 1. The number of carbonyl (C=O) groups is 1. The first kappa shape index (κ1) is 16.4. The number of amides is 1. The number of aliphatic hydroxyl groups excluding tert-OH is 2. The summed E-state index contributed by atoms with van der Waals surface area (Å²) in [5.41, 5.74) is 0.473. The number of hydrogen-bond donors (Lipinski definition) is 4. The molecule has 1 atom stereocenters. The molecule has 1 aromatic rings. The summed E-state index contributed by atoms with van der Waals surface area (Å²) in [6, 6.07) is 6.56. The molecule has 1 amide bonds. The van der Waals surface area contributed by atoms with E-state index in [1.54, 1.807) is 18.2 Å². The van der Waals surface area contributed by atoms with E-state index in [0.29, 0.717) is 5.69 Å². The van der Waals surface area contributed by atoms with Crippen LogP contribution in [-0.4, -0.2) is 47.8 Å². The lowest BCUT2D eigenvalue weighted by molar-refractivity contribution is -0.117. The molecule has 1 heterocycles. The molecular weight excluding hydrogens is 294 g/mol. The molecule has 1 aromatic carbocycles. The average molecular weight is 312 g/mol. The lowest BCUT2D eigenvalue weighted by atomic mass is 9.97. The number of nitrogens with one attached hydrogen (secondary N) is 2. The van der Waals surface area contributed by atoms with Crippen LogP contribution in [0.25, 0.3) is 5.57 Å². The highest BCUT2D eigenvalue weighted by molar-refractivity contribution is 5.98. The van der Waals surface area contributed by atoms with Crippen LogP contribution in [0, 0.1) is 0 Å². The fourth-order valence-corrected chi connectivity index (χ4v) is 2.21. The lowest BCUT2D eigenvalue weighted by Gasteiger charge is -2.18. The van der Waals surface area contributed by atoms with Gasteiger partial charge in [-0.3, -0.25) is 4.79 Å². The van der Waals surface area contributed by atoms with E-state index in [4.69, 9.17) is 5.11 Å². The van der Waals surface area contributed by atoms with Crippen LogP contribution in [-0.2, 0) is 4.79 Å². The summed E-state index contributed by atoms with van der Waals surface area (Å²) in [7, 11) is 0. The molecule has 7 heteroatoms. The molecule has 0 bridgehead atoms. The van der Waals surface area contributed by atoms with Crippen LogP contribution in [0.3, 0.4) is 0 Å². The number of halogens is 2. The van der Waals surface area contributed by atoms with Gasteiger partial charge >= 0.3 is 0 Å². The standard InChI is InChI=1S/C15H18F2N2O3/c16-15(17)5-6-18-13-4-2-1-3-11(13)12(15)7-14(22)19-8-10(21)9-20/h1-4,7,10,18,20-21H,5-6,8-9H2,(H,19,22)/b12-7-/t10-/m0/s1. The molecule has 0 aromatic heterocycles. The van der Waals surface area contributed by atoms with Crippen LogP contribution in [0.1, 0.15) is 12.0 Å². The zero-order chi connectivity index (χ0) is 16.2. The zero-order valence-corrected chi connectivity index (χ0v) is 11.9. The lowest BCUT2D eigenvalue weighted by Crippen LogP contribution is -2.33. The minimum Gasteiger partial charge on any atom is -0.394 e. The van der Waals surface area contributed by atoms with Gasteiger partial charge in [0.15, 0.2) is 0 Å². The Morgan fingerprint density at radius 1 is 1.45 bits per heavy atom. The molecule has 120 valence electrons. The summed E-state index contributed by atoms with van der Waals surface area (Å²) in [5.74, 6) is -3.87. The number of alkyl halides is 2. The maximum Gasteiger partial charge on any atom is 0.275 e. The summed E-state index contributed by atoms with van der Waals surface area (Å²) < 4.78 is 28.5.